The summed E-state index contributed by atoms with van der Waals surface area (Å²) in [4.78, 5) is 4.80. The zero-order valence-corrected chi connectivity index (χ0v) is 10.0. The van der Waals surface area contributed by atoms with Crippen molar-refractivity contribution in [3.8, 4) is 0 Å². The van der Waals surface area contributed by atoms with E-state index in [0.29, 0.717) is 18.0 Å². The van der Waals surface area contributed by atoms with Crippen LogP contribution in [0.2, 0.25) is 0 Å². The van der Waals surface area contributed by atoms with Gasteiger partial charge in [-0.15, -0.1) is 0 Å². The van der Waals surface area contributed by atoms with Gasteiger partial charge in [0.1, 0.15) is 0 Å². The van der Waals surface area contributed by atoms with E-state index < -0.39 is 0 Å². The first kappa shape index (κ1) is 12.0. The fourth-order valence-corrected chi connectivity index (χ4v) is 2.11. The third kappa shape index (κ3) is 2.69. The van der Waals surface area contributed by atoms with Gasteiger partial charge in [0.05, 0.1) is 0 Å². The highest BCUT2D eigenvalue weighted by molar-refractivity contribution is 4.89. The van der Waals surface area contributed by atoms with Crippen LogP contribution in [-0.2, 0) is 0 Å². The Morgan fingerprint density at radius 3 is 2.57 bits per heavy atom. The van der Waals surface area contributed by atoms with Crippen molar-refractivity contribution in [1.82, 2.24) is 9.80 Å². The van der Waals surface area contributed by atoms with E-state index in [1.54, 1.807) is 0 Å². The minimum atomic E-state index is 0.313. The molecule has 3 unspecified atom stereocenters. The van der Waals surface area contributed by atoms with E-state index in [1.807, 2.05) is 0 Å². The fraction of sp³-hybridized carbons (Fsp3) is 1.00. The Kier molecular flexibility index (Phi) is 4.35. The number of hydrogen-bond donors (Lipinski definition) is 1. The summed E-state index contributed by atoms with van der Waals surface area (Å²) in [6, 6.07) is 0.844. The van der Waals surface area contributed by atoms with Gasteiger partial charge in [-0.3, -0.25) is 4.90 Å². The predicted octanol–water partition coefficient (Wildman–Crippen LogP) is 0.606. The molecule has 0 aromatic rings. The number of likely N-dealkylation sites (N-methyl/N-ethyl adjacent to an activating group) is 2. The SMILES string of the molecule is CCC(C)C(N)C1CN(C)CCN1C. The molecule has 1 aliphatic heterocycles. The molecule has 84 valence electrons. The molecule has 1 saturated heterocycles. The number of hydrogen-bond acceptors (Lipinski definition) is 3. The van der Waals surface area contributed by atoms with Gasteiger partial charge >= 0.3 is 0 Å². The zero-order chi connectivity index (χ0) is 10.7. The zero-order valence-electron chi connectivity index (χ0n) is 10.0. The van der Waals surface area contributed by atoms with Gasteiger partial charge in [-0.25, -0.2) is 0 Å². The second-order valence-electron chi connectivity index (χ2n) is 4.77. The summed E-state index contributed by atoms with van der Waals surface area (Å²) >= 11 is 0. The summed E-state index contributed by atoms with van der Waals surface area (Å²) in [6.45, 7) is 7.90. The number of nitrogens with zero attached hydrogens (tertiary/aromatic N) is 2. The Bertz CT molecular complexity index is 172. The molecule has 0 amide bonds. The van der Waals surface area contributed by atoms with Crippen molar-refractivity contribution in [2.75, 3.05) is 33.7 Å². The maximum absolute atomic E-state index is 6.29. The van der Waals surface area contributed by atoms with Crippen LogP contribution in [0, 0.1) is 5.92 Å². The highest BCUT2D eigenvalue weighted by Gasteiger charge is 2.29. The molecular weight excluding hydrogens is 174 g/mol. The van der Waals surface area contributed by atoms with Gasteiger partial charge in [-0.05, 0) is 20.0 Å². The molecule has 1 fully saturated rings. The fourth-order valence-electron chi connectivity index (χ4n) is 2.11. The van der Waals surface area contributed by atoms with E-state index in [2.05, 4.69) is 37.7 Å². The highest BCUT2D eigenvalue weighted by atomic mass is 15.3. The molecule has 1 aliphatic rings. The number of nitrogens with two attached hydrogens (primary N) is 1. The van der Waals surface area contributed by atoms with E-state index >= 15 is 0 Å². The lowest BCUT2D eigenvalue weighted by molar-refractivity contribution is 0.0836. The molecule has 0 aromatic carbocycles. The first-order valence-corrected chi connectivity index (χ1v) is 5.70. The van der Waals surface area contributed by atoms with Crippen LogP contribution >= 0.6 is 0 Å². The molecule has 3 heteroatoms. The predicted molar refractivity (Wildman–Crippen MR) is 61.3 cm³/mol. The molecule has 1 rings (SSSR count). The van der Waals surface area contributed by atoms with E-state index in [4.69, 9.17) is 5.73 Å². The largest absolute Gasteiger partial charge is 0.326 e. The summed E-state index contributed by atoms with van der Waals surface area (Å²) in [6.07, 6.45) is 1.18. The van der Waals surface area contributed by atoms with E-state index in [0.717, 1.165) is 13.1 Å². The average molecular weight is 199 g/mol. The van der Waals surface area contributed by atoms with Crippen LogP contribution in [0.5, 0.6) is 0 Å². The molecule has 1 heterocycles. The van der Waals surface area contributed by atoms with Crippen LogP contribution in [-0.4, -0.2) is 55.6 Å². The van der Waals surface area contributed by atoms with Crippen molar-refractivity contribution in [2.45, 2.75) is 32.4 Å². The average Bonchev–Trinajstić information content (AvgIpc) is 2.19. The summed E-state index contributed by atoms with van der Waals surface area (Å²) in [5.41, 5.74) is 6.29. The van der Waals surface area contributed by atoms with Crippen molar-refractivity contribution in [3.05, 3.63) is 0 Å². The second-order valence-corrected chi connectivity index (χ2v) is 4.77. The van der Waals surface area contributed by atoms with Crippen LogP contribution in [0.15, 0.2) is 0 Å². The Balaban J connectivity index is 2.55. The van der Waals surface area contributed by atoms with E-state index in [-0.39, 0.29) is 0 Å². The Hall–Kier alpha value is -0.120. The quantitative estimate of drug-likeness (QED) is 0.723. The minimum Gasteiger partial charge on any atom is -0.326 e. The minimum absolute atomic E-state index is 0.313. The smallest absolute Gasteiger partial charge is 0.0374 e. The topological polar surface area (TPSA) is 32.5 Å². The van der Waals surface area contributed by atoms with Gasteiger partial charge in [0.15, 0.2) is 0 Å². The Morgan fingerprint density at radius 1 is 1.36 bits per heavy atom. The van der Waals surface area contributed by atoms with Crippen LogP contribution in [0.1, 0.15) is 20.3 Å². The first-order valence-electron chi connectivity index (χ1n) is 5.70. The van der Waals surface area contributed by atoms with Crippen molar-refractivity contribution < 1.29 is 0 Å². The number of rotatable bonds is 3. The van der Waals surface area contributed by atoms with Crippen LogP contribution in [0.3, 0.4) is 0 Å². The van der Waals surface area contributed by atoms with Gasteiger partial charge < -0.3 is 10.6 Å². The highest BCUT2D eigenvalue weighted by Crippen LogP contribution is 2.16. The lowest BCUT2D eigenvalue weighted by Crippen LogP contribution is -2.59. The second kappa shape index (κ2) is 5.10. The third-order valence-corrected chi connectivity index (χ3v) is 3.64. The van der Waals surface area contributed by atoms with Crippen molar-refractivity contribution >= 4 is 0 Å². The van der Waals surface area contributed by atoms with E-state index in [9.17, 15) is 0 Å². The van der Waals surface area contributed by atoms with Crippen molar-refractivity contribution in [2.24, 2.45) is 11.7 Å². The summed E-state index contributed by atoms with van der Waals surface area (Å²) in [5, 5.41) is 0. The summed E-state index contributed by atoms with van der Waals surface area (Å²) < 4.78 is 0. The van der Waals surface area contributed by atoms with Crippen LogP contribution in [0.25, 0.3) is 0 Å². The van der Waals surface area contributed by atoms with Gasteiger partial charge in [-0.2, -0.15) is 0 Å². The van der Waals surface area contributed by atoms with E-state index in [1.165, 1.54) is 13.0 Å². The molecule has 0 aromatic heterocycles. The molecule has 0 bridgehead atoms. The summed E-state index contributed by atoms with van der Waals surface area (Å²) in [5.74, 6) is 0.619. The summed E-state index contributed by atoms with van der Waals surface area (Å²) in [7, 11) is 4.38. The Labute approximate surface area is 88.2 Å². The molecule has 3 atom stereocenters. The van der Waals surface area contributed by atoms with Crippen molar-refractivity contribution in [1.29, 1.82) is 0 Å². The third-order valence-electron chi connectivity index (χ3n) is 3.64. The maximum atomic E-state index is 6.29. The lowest BCUT2D eigenvalue weighted by Gasteiger charge is -2.42. The maximum Gasteiger partial charge on any atom is 0.0374 e. The van der Waals surface area contributed by atoms with Gasteiger partial charge in [0.2, 0.25) is 0 Å². The molecule has 2 N–H and O–H groups in total. The Morgan fingerprint density at radius 2 is 2.00 bits per heavy atom. The molecule has 3 nitrogen and oxygen atoms in total. The van der Waals surface area contributed by atoms with Crippen LogP contribution < -0.4 is 5.73 Å². The van der Waals surface area contributed by atoms with Crippen LogP contribution in [0.4, 0.5) is 0 Å². The number of piperazine rings is 1. The lowest BCUT2D eigenvalue weighted by atomic mass is 9.91. The van der Waals surface area contributed by atoms with Gasteiger partial charge in [-0.1, -0.05) is 20.3 Å². The van der Waals surface area contributed by atoms with Crippen molar-refractivity contribution in [3.63, 3.8) is 0 Å². The molecular formula is C11H25N3. The molecule has 0 saturated carbocycles. The van der Waals surface area contributed by atoms with Gasteiger partial charge in [0.25, 0.3) is 0 Å². The molecule has 0 aliphatic carbocycles. The standard InChI is InChI=1S/C11H25N3/c1-5-9(2)11(12)10-8-13(3)6-7-14(10)4/h9-11H,5-8,12H2,1-4H3. The monoisotopic (exact) mass is 199 g/mol. The molecule has 0 radical (unpaired) electrons. The van der Waals surface area contributed by atoms with Gasteiger partial charge in [0, 0.05) is 31.7 Å². The normalized spacial score (nSPS) is 30.2. The molecule has 0 spiro atoms. The first-order chi connectivity index (χ1) is 6.56. The molecule has 14 heavy (non-hydrogen) atoms.